The van der Waals surface area contributed by atoms with Crippen LogP contribution in [-0.4, -0.2) is 6.54 Å². The standard InChI is InChI=1S/C13H17F2N/c1-4-16-13(7-9(2)3)11-6-5-10(14)8-12(11)15/h5-6,8,13,16H,2,4,7H2,1,3H3. The molecule has 1 nitrogen and oxygen atoms in total. The molecule has 0 heterocycles. The van der Waals surface area contributed by atoms with Crippen molar-refractivity contribution in [2.24, 2.45) is 0 Å². The molecule has 1 rings (SSSR count). The van der Waals surface area contributed by atoms with Crippen LogP contribution in [0.5, 0.6) is 0 Å². The molecule has 0 spiro atoms. The van der Waals surface area contributed by atoms with Crippen molar-refractivity contribution in [2.75, 3.05) is 6.54 Å². The van der Waals surface area contributed by atoms with Crippen LogP contribution in [0.15, 0.2) is 30.4 Å². The van der Waals surface area contributed by atoms with Crippen LogP contribution in [-0.2, 0) is 0 Å². The molecule has 0 aliphatic carbocycles. The maximum atomic E-state index is 13.6. The highest BCUT2D eigenvalue weighted by Crippen LogP contribution is 2.23. The highest BCUT2D eigenvalue weighted by atomic mass is 19.1. The number of hydrogen-bond donors (Lipinski definition) is 1. The summed E-state index contributed by atoms with van der Waals surface area (Å²) in [5, 5.41) is 3.17. The Balaban J connectivity index is 2.95. The molecule has 0 aliphatic heterocycles. The first-order valence-electron chi connectivity index (χ1n) is 5.37. The third kappa shape index (κ3) is 3.42. The summed E-state index contributed by atoms with van der Waals surface area (Å²) < 4.78 is 26.3. The van der Waals surface area contributed by atoms with E-state index in [9.17, 15) is 8.78 Å². The summed E-state index contributed by atoms with van der Waals surface area (Å²) in [6.07, 6.45) is 0.649. The van der Waals surface area contributed by atoms with E-state index in [1.54, 1.807) is 0 Å². The van der Waals surface area contributed by atoms with Gasteiger partial charge in [0.15, 0.2) is 0 Å². The van der Waals surface area contributed by atoms with Crippen molar-refractivity contribution < 1.29 is 8.78 Å². The van der Waals surface area contributed by atoms with Crippen LogP contribution >= 0.6 is 0 Å². The molecule has 0 amide bonds. The minimum absolute atomic E-state index is 0.136. The second-order valence-electron chi connectivity index (χ2n) is 3.94. The lowest BCUT2D eigenvalue weighted by molar-refractivity contribution is 0.501. The molecule has 0 radical (unpaired) electrons. The zero-order chi connectivity index (χ0) is 12.1. The van der Waals surface area contributed by atoms with Gasteiger partial charge in [0, 0.05) is 17.7 Å². The molecular weight excluding hydrogens is 208 g/mol. The monoisotopic (exact) mass is 225 g/mol. The lowest BCUT2D eigenvalue weighted by Gasteiger charge is -2.19. The summed E-state index contributed by atoms with van der Waals surface area (Å²) in [4.78, 5) is 0. The Hall–Kier alpha value is -1.22. The average Bonchev–Trinajstić information content (AvgIpc) is 2.16. The summed E-state index contributed by atoms with van der Waals surface area (Å²) in [5.41, 5.74) is 1.46. The van der Waals surface area contributed by atoms with E-state index in [4.69, 9.17) is 0 Å². The van der Waals surface area contributed by atoms with Gasteiger partial charge in [-0.3, -0.25) is 0 Å². The zero-order valence-electron chi connectivity index (χ0n) is 9.69. The van der Waals surface area contributed by atoms with Gasteiger partial charge in [-0.2, -0.15) is 0 Å². The molecule has 3 heteroatoms. The van der Waals surface area contributed by atoms with E-state index in [2.05, 4.69) is 11.9 Å². The molecule has 1 unspecified atom stereocenters. The minimum atomic E-state index is -0.549. The summed E-state index contributed by atoms with van der Waals surface area (Å²) in [6, 6.07) is 3.54. The number of hydrogen-bond acceptors (Lipinski definition) is 1. The first-order chi connectivity index (χ1) is 7.54. The molecule has 1 atom stereocenters. The van der Waals surface area contributed by atoms with Crippen molar-refractivity contribution in [3.8, 4) is 0 Å². The molecule has 0 saturated heterocycles. The van der Waals surface area contributed by atoms with Crippen LogP contribution in [0, 0.1) is 11.6 Å². The van der Waals surface area contributed by atoms with E-state index in [0.717, 1.165) is 18.2 Å². The fraction of sp³-hybridized carbons (Fsp3) is 0.385. The van der Waals surface area contributed by atoms with E-state index < -0.39 is 11.6 Å². The lowest BCUT2D eigenvalue weighted by atomic mass is 9.99. The van der Waals surface area contributed by atoms with Gasteiger partial charge in [-0.25, -0.2) is 8.78 Å². The molecule has 0 fully saturated rings. The van der Waals surface area contributed by atoms with Gasteiger partial charge in [0.2, 0.25) is 0 Å². The van der Waals surface area contributed by atoms with Crippen LogP contribution in [0.2, 0.25) is 0 Å². The Labute approximate surface area is 95.2 Å². The SMILES string of the molecule is C=C(C)CC(NCC)c1ccc(F)cc1F. The predicted octanol–water partition coefficient (Wildman–Crippen LogP) is 3.58. The average molecular weight is 225 g/mol. The van der Waals surface area contributed by atoms with Gasteiger partial charge in [0.25, 0.3) is 0 Å². The summed E-state index contributed by atoms with van der Waals surface area (Å²) >= 11 is 0. The summed E-state index contributed by atoms with van der Waals surface area (Å²) in [5.74, 6) is -1.06. The molecule has 1 aromatic carbocycles. The Bertz CT molecular complexity index is 374. The van der Waals surface area contributed by atoms with Gasteiger partial charge in [-0.05, 0) is 26.0 Å². The highest BCUT2D eigenvalue weighted by Gasteiger charge is 2.15. The summed E-state index contributed by atoms with van der Waals surface area (Å²) in [6.45, 7) is 8.39. The number of benzene rings is 1. The van der Waals surface area contributed by atoms with Gasteiger partial charge < -0.3 is 5.32 Å². The van der Waals surface area contributed by atoms with Crippen LogP contribution in [0.3, 0.4) is 0 Å². The fourth-order valence-electron chi connectivity index (χ4n) is 1.67. The number of halogens is 2. The van der Waals surface area contributed by atoms with Crippen LogP contribution < -0.4 is 5.32 Å². The Kier molecular flexibility index (Phi) is 4.62. The smallest absolute Gasteiger partial charge is 0.130 e. The van der Waals surface area contributed by atoms with Gasteiger partial charge in [-0.1, -0.05) is 18.6 Å². The first kappa shape index (κ1) is 12.8. The first-order valence-corrected chi connectivity index (χ1v) is 5.37. The van der Waals surface area contributed by atoms with Crippen molar-refractivity contribution in [1.29, 1.82) is 0 Å². The van der Waals surface area contributed by atoms with Crippen molar-refractivity contribution in [2.45, 2.75) is 26.3 Å². The summed E-state index contributed by atoms with van der Waals surface area (Å²) in [7, 11) is 0. The normalized spacial score (nSPS) is 12.5. The molecular formula is C13H17F2N. The molecule has 1 N–H and O–H groups in total. The Morgan fingerprint density at radius 2 is 2.12 bits per heavy atom. The molecule has 0 aliphatic rings. The van der Waals surface area contributed by atoms with Gasteiger partial charge in [0.05, 0.1) is 0 Å². The van der Waals surface area contributed by atoms with Crippen LogP contribution in [0.1, 0.15) is 31.9 Å². The lowest BCUT2D eigenvalue weighted by Crippen LogP contribution is -2.22. The van der Waals surface area contributed by atoms with Crippen molar-refractivity contribution in [3.63, 3.8) is 0 Å². The second kappa shape index (κ2) is 5.75. The second-order valence-corrected chi connectivity index (χ2v) is 3.94. The number of rotatable bonds is 5. The van der Waals surface area contributed by atoms with Crippen molar-refractivity contribution in [1.82, 2.24) is 5.32 Å². The Morgan fingerprint density at radius 3 is 2.62 bits per heavy atom. The molecule has 0 saturated carbocycles. The third-order valence-corrected chi connectivity index (χ3v) is 2.34. The van der Waals surface area contributed by atoms with E-state index in [0.29, 0.717) is 12.0 Å². The fourth-order valence-corrected chi connectivity index (χ4v) is 1.67. The molecule has 0 aromatic heterocycles. The molecule has 0 bridgehead atoms. The van der Waals surface area contributed by atoms with Crippen LogP contribution in [0.25, 0.3) is 0 Å². The quantitative estimate of drug-likeness (QED) is 0.755. The van der Waals surface area contributed by atoms with Crippen molar-refractivity contribution in [3.05, 3.63) is 47.5 Å². The van der Waals surface area contributed by atoms with Gasteiger partial charge in [-0.15, -0.1) is 6.58 Å². The largest absolute Gasteiger partial charge is 0.310 e. The topological polar surface area (TPSA) is 12.0 Å². The van der Waals surface area contributed by atoms with E-state index in [-0.39, 0.29) is 6.04 Å². The molecule has 16 heavy (non-hydrogen) atoms. The van der Waals surface area contributed by atoms with Gasteiger partial charge >= 0.3 is 0 Å². The maximum absolute atomic E-state index is 13.6. The third-order valence-electron chi connectivity index (χ3n) is 2.34. The van der Waals surface area contributed by atoms with E-state index in [1.165, 1.54) is 12.1 Å². The number of nitrogens with one attached hydrogen (secondary N) is 1. The van der Waals surface area contributed by atoms with E-state index in [1.807, 2.05) is 13.8 Å². The minimum Gasteiger partial charge on any atom is -0.310 e. The van der Waals surface area contributed by atoms with Crippen molar-refractivity contribution >= 4 is 0 Å². The van der Waals surface area contributed by atoms with Crippen LogP contribution in [0.4, 0.5) is 8.78 Å². The molecule has 1 aromatic rings. The predicted molar refractivity (Wildman–Crippen MR) is 62.2 cm³/mol. The maximum Gasteiger partial charge on any atom is 0.130 e. The molecule has 88 valence electrons. The Morgan fingerprint density at radius 1 is 1.44 bits per heavy atom. The van der Waals surface area contributed by atoms with Gasteiger partial charge in [0.1, 0.15) is 11.6 Å². The van der Waals surface area contributed by atoms with E-state index >= 15 is 0 Å². The zero-order valence-corrected chi connectivity index (χ0v) is 9.69. The highest BCUT2D eigenvalue weighted by molar-refractivity contribution is 5.23.